The van der Waals surface area contributed by atoms with Crippen molar-refractivity contribution < 1.29 is 5.11 Å². The van der Waals surface area contributed by atoms with Gasteiger partial charge in [0.2, 0.25) is 0 Å². The monoisotopic (exact) mass is 218 g/mol. The minimum atomic E-state index is -0.121. The maximum atomic E-state index is 10.2. The fraction of sp³-hybridized carbons (Fsp3) is 0.600. The van der Waals surface area contributed by atoms with E-state index in [9.17, 15) is 5.11 Å². The van der Waals surface area contributed by atoms with E-state index in [-0.39, 0.29) is 11.5 Å². The van der Waals surface area contributed by atoms with E-state index in [2.05, 4.69) is 44.2 Å². The highest BCUT2D eigenvalue weighted by Crippen LogP contribution is 2.40. The van der Waals surface area contributed by atoms with Gasteiger partial charge in [0.25, 0.3) is 0 Å². The van der Waals surface area contributed by atoms with Crippen molar-refractivity contribution in [3.05, 3.63) is 35.9 Å². The third-order valence-corrected chi connectivity index (χ3v) is 4.17. The lowest BCUT2D eigenvalue weighted by Gasteiger charge is -2.40. The molecule has 0 heterocycles. The van der Waals surface area contributed by atoms with Gasteiger partial charge in [-0.2, -0.15) is 0 Å². The third-order valence-electron chi connectivity index (χ3n) is 4.17. The average molecular weight is 218 g/mol. The Morgan fingerprint density at radius 3 is 2.31 bits per heavy atom. The number of hydrogen-bond donors (Lipinski definition) is 1. The molecular weight excluding hydrogens is 196 g/mol. The Balaban J connectivity index is 2.23. The predicted octanol–water partition coefficient (Wildman–Crippen LogP) is 3.52. The van der Waals surface area contributed by atoms with Crippen molar-refractivity contribution in [3.8, 4) is 0 Å². The molecule has 16 heavy (non-hydrogen) atoms. The minimum absolute atomic E-state index is 0.0844. The molecule has 0 aliphatic heterocycles. The zero-order valence-corrected chi connectivity index (χ0v) is 10.3. The molecular formula is C15H22O. The van der Waals surface area contributed by atoms with Gasteiger partial charge in [-0.1, -0.05) is 57.0 Å². The highest BCUT2D eigenvalue weighted by atomic mass is 16.3. The summed E-state index contributed by atoms with van der Waals surface area (Å²) in [5.74, 6) is 0.406. The first-order chi connectivity index (χ1) is 7.62. The highest BCUT2D eigenvalue weighted by Gasteiger charge is 2.37. The van der Waals surface area contributed by atoms with E-state index in [1.165, 1.54) is 18.4 Å². The Morgan fingerprint density at radius 2 is 1.69 bits per heavy atom. The number of aliphatic hydroxyl groups excluding tert-OH is 1. The molecule has 0 unspecified atom stereocenters. The van der Waals surface area contributed by atoms with Crippen LogP contribution in [0.15, 0.2) is 30.3 Å². The van der Waals surface area contributed by atoms with Crippen molar-refractivity contribution in [1.82, 2.24) is 0 Å². The van der Waals surface area contributed by atoms with Crippen LogP contribution >= 0.6 is 0 Å². The summed E-state index contributed by atoms with van der Waals surface area (Å²) in [6.45, 7) is 4.53. The van der Waals surface area contributed by atoms with E-state index in [4.69, 9.17) is 0 Å². The lowest BCUT2D eigenvalue weighted by atomic mass is 9.66. The predicted molar refractivity (Wildman–Crippen MR) is 67.4 cm³/mol. The van der Waals surface area contributed by atoms with Crippen LogP contribution in [0.1, 0.15) is 45.1 Å². The maximum Gasteiger partial charge on any atom is 0.0576 e. The third kappa shape index (κ3) is 2.15. The molecule has 0 spiro atoms. The van der Waals surface area contributed by atoms with Crippen LogP contribution in [-0.2, 0) is 5.41 Å². The van der Waals surface area contributed by atoms with Gasteiger partial charge in [-0.05, 0) is 29.7 Å². The van der Waals surface area contributed by atoms with Gasteiger partial charge >= 0.3 is 0 Å². The lowest BCUT2D eigenvalue weighted by Crippen LogP contribution is -2.39. The van der Waals surface area contributed by atoms with Crippen molar-refractivity contribution in [2.45, 2.75) is 51.0 Å². The second-order valence-corrected chi connectivity index (χ2v) is 5.55. The molecule has 1 aliphatic rings. The molecule has 1 saturated carbocycles. The van der Waals surface area contributed by atoms with Crippen LogP contribution in [0.4, 0.5) is 0 Å². The first kappa shape index (κ1) is 11.7. The van der Waals surface area contributed by atoms with Crippen molar-refractivity contribution >= 4 is 0 Å². The van der Waals surface area contributed by atoms with E-state index >= 15 is 0 Å². The molecule has 1 fully saturated rings. The fourth-order valence-corrected chi connectivity index (χ4v) is 3.03. The smallest absolute Gasteiger partial charge is 0.0576 e. The Bertz CT molecular complexity index is 329. The molecule has 1 nitrogen and oxygen atoms in total. The summed E-state index contributed by atoms with van der Waals surface area (Å²) in [7, 11) is 0. The lowest BCUT2D eigenvalue weighted by molar-refractivity contribution is 0.0322. The van der Waals surface area contributed by atoms with Gasteiger partial charge in [-0.3, -0.25) is 0 Å². The molecule has 1 aliphatic carbocycles. The summed E-state index contributed by atoms with van der Waals surface area (Å²) in [4.78, 5) is 0. The summed E-state index contributed by atoms with van der Waals surface area (Å²) in [6.07, 6.45) is 4.45. The molecule has 0 saturated heterocycles. The van der Waals surface area contributed by atoms with Gasteiger partial charge in [0.1, 0.15) is 0 Å². The molecule has 2 rings (SSSR count). The SMILES string of the molecule is CC(C)(c1ccccc1)[C@H]1CCCC[C@@H]1O. The summed E-state index contributed by atoms with van der Waals surface area (Å²) >= 11 is 0. The van der Waals surface area contributed by atoms with Crippen molar-refractivity contribution in [3.63, 3.8) is 0 Å². The van der Waals surface area contributed by atoms with Crippen LogP contribution in [0.3, 0.4) is 0 Å². The molecule has 1 heteroatoms. The van der Waals surface area contributed by atoms with Crippen LogP contribution in [-0.4, -0.2) is 11.2 Å². The number of benzene rings is 1. The van der Waals surface area contributed by atoms with E-state index < -0.39 is 0 Å². The Hall–Kier alpha value is -0.820. The molecule has 2 atom stereocenters. The highest BCUT2D eigenvalue weighted by molar-refractivity contribution is 5.25. The van der Waals surface area contributed by atoms with Crippen LogP contribution in [0.5, 0.6) is 0 Å². The quantitative estimate of drug-likeness (QED) is 0.805. The van der Waals surface area contributed by atoms with E-state index in [0.717, 1.165) is 12.8 Å². The molecule has 88 valence electrons. The second-order valence-electron chi connectivity index (χ2n) is 5.55. The topological polar surface area (TPSA) is 20.2 Å². The molecule has 0 amide bonds. The van der Waals surface area contributed by atoms with Crippen LogP contribution in [0.2, 0.25) is 0 Å². The zero-order chi connectivity index (χ0) is 11.6. The second kappa shape index (κ2) is 4.58. The minimum Gasteiger partial charge on any atom is -0.393 e. The van der Waals surface area contributed by atoms with E-state index in [0.29, 0.717) is 5.92 Å². The van der Waals surface area contributed by atoms with Crippen molar-refractivity contribution in [1.29, 1.82) is 0 Å². The first-order valence-electron chi connectivity index (χ1n) is 6.36. The Morgan fingerprint density at radius 1 is 1.06 bits per heavy atom. The van der Waals surface area contributed by atoms with Gasteiger partial charge in [-0.15, -0.1) is 0 Å². The maximum absolute atomic E-state index is 10.2. The molecule has 1 aromatic carbocycles. The molecule has 0 aromatic heterocycles. The standard InChI is InChI=1S/C15H22O/c1-15(2,12-8-4-3-5-9-12)13-10-6-7-11-14(13)16/h3-5,8-9,13-14,16H,6-7,10-11H2,1-2H3/t13-,14-/m0/s1. The number of rotatable bonds is 2. The van der Waals surface area contributed by atoms with Gasteiger partial charge in [0.15, 0.2) is 0 Å². The van der Waals surface area contributed by atoms with Gasteiger partial charge in [0, 0.05) is 0 Å². The van der Waals surface area contributed by atoms with Gasteiger partial charge in [-0.25, -0.2) is 0 Å². The molecule has 1 N–H and O–H groups in total. The van der Waals surface area contributed by atoms with Crippen LogP contribution < -0.4 is 0 Å². The van der Waals surface area contributed by atoms with E-state index in [1.54, 1.807) is 0 Å². The van der Waals surface area contributed by atoms with Crippen LogP contribution in [0, 0.1) is 5.92 Å². The normalized spacial score (nSPS) is 26.7. The zero-order valence-electron chi connectivity index (χ0n) is 10.3. The van der Waals surface area contributed by atoms with Crippen molar-refractivity contribution in [2.75, 3.05) is 0 Å². The number of aliphatic hydroxyl groups is 1. The summed E-state index contributed by atoms with van der Waals surface area (Å²) < 4.78 is 0. The summed E-state index contributed by atoms with van der Waals surface area (Å²) in [5, 5.41) is 10.2. The van der Waals surface area contributed by atoms with Crippen LogP contribution in [0.25, 0.3) is 0 Å². The summed E-state index contributed by atoms with van der Waals surface area (Å²) in [5.41, 5.74) is 1.43. The fourth-order valence-electron chi connectivity index (χ4n) is 3.03. The average Bonchev–Trinajstić information content (AvgIpc) is 2.30. The largest absolute Gasteiger partial charge is 0.393 e. The summed E-state index contributed by atoms with van der Waals surface area (Å²) in [6, 6.07) is 10.6. The Labute approximate surface area is 98.5 Å². The Kier molecular flexibility index (Phi) is 3.34. The first-order valence-corrected chi connectivity index (χ1v) is 6.36. The molecule has 0 bridgehead atoms. The van der Waals surface area contributed by atoms with Crippen molar-refractivity contribution in [2.24, 2.45) is 5.92 Å². The van der Waals surface area contributed by atoms with Gasteiger partial charge in [0.05, 0.1) is 6.10 Å². The molecule has 1 aromatic rings. The number of hydrogen-bond acceptors (Lipinski definition) is 1. The van der Waals surface area contributed by atoms with Gasteiger partial charge < -0.3 is 5.11 Å². The van der Waals surface area contributed by atoms with E-state index in [1.807, 2.05) is 0 Å². The molecule has 0 radical (unpaired) electrons.